The number of hydrogen-bond acceptors (Lipinski definition) is 7. The highest BCUT2D eigenvalue weighted by Gasteiger charge is 2.36. The summed E-state index contributed by atoms with van der Waals surface area (Å²) in [6.45, 7) is 10.4. The summed E-state index contributed by atoms with van der Waals surface area (Å²) >= 11 is 0. The molecule has 2 atom stereocenters. The number of nitrogens with zero attached hydrogens (tertiary/aromatic N) is 5. The van der Waals surface area contributed by atoms with Crippen LogP contribution in [0.15, 0.2) is 10.9 Å². The van der Waals surface area contributed by atoms with Crippen LogP contribution in [0.1, 0.15) is 45.2 Å². The summed E-state index contributed by atoms with van der Waals surface area (Å²) in [5, 5.41) is 0. The molecule has 1 fully saturated rings. The molecule has 2 aromatic heterocycles. The monoisotopic (exact) mass is 433 g/mol. The van der Waals surface area contributed by atoms with Gasteiger partial charge in [0.25, 0.3) is 5.56 Å². The number of ether oxygens (including phenoxy) is 2. The fourth-order valence-electron chi connectivity index (χ4n) is 3.96. The fraction of sp³-hybridized carbons (Fsp3) is 0.619. The number of imidazole rings is 1. The van der Waals surface area contributed by atoms with Crippen LogP contribution in [0, 0.1) is 0 Å². The number of piperazine rings is 1. The SMILES string of the molecule is COC(=O)c1nc2c(N3C[C@@H](C)N(C(=O)OC(C)(C)C)C[C@@H]3C)cc(=O)n(C)c2n1C. The minimum Gasteiger partial charge on any atom is -0.463 e. The minimum atomic E-state index is -0.576. The van der Waals surface area contributed by atoms with E-state index < -0.39 is 11.6 Å². The molecule has 3 heterocycles. The van der Waals surface area contributed by atoms with Gasteiger partial charge in [0.15, 0.2) is 0 Å². The predicted octanol–water partition coefficient (Wildman–Crippen LogP) is 1.89. The molecule has 1 aliphatic rings. The number of anilines is 1. The topological polar surface area (TPSA) is 98.9 Å². The molecule has 0 N–H and O–H groups in total. The van der Waals surface area contributed by atoms with Gasteiger partial charge in [0.2, 0.25) is 5.82 Å². The first-order valence-electron chi connectivity index (χ1n) is 10.3. The van der Waals surface area contributed by atoms with Crippen molar-refractivity contribution in [2.75, 3.05) is 25.1 Å². The van der Waals surface area contributed by atoms with Crippen molar-refractivity contribution in [2.45, 2.75) is 52.3 Å². The number of esters is 1. The lowest BCUT2D eigenvalue weighted by molar-refractivity contribution is 0.0130. The quantitative estimate of drug-likeness (QED) is 0.667. The van der Waals surface area contributed by atoms with Gasteiger partial charge in [0.1, 0.15) is 16.8 Å². The second-order valence-corrected chi connectivity index (χ2v) is 9.07. The Morgan fingerprint density at radius 1 is 1.10 bits per heavy atom. The Hall–Kier alpha value is -3.04. The molecule has 0 aromatic carbocycles. The Morgan fingerprint density at radius 3 is 2.32 bits per heavy atom. The number of aryl methyl sites for hydroxylation is 2. The number of pyridine rings is 1. The number of aromatic nitrogens is 3. The van der Waals surface area contributed by atoms with E-state index in [-0.39, 0.29) is 29.6 Å². The molecular weight excluding hydrogens is 402 g/mol. The maximum Gasteiger partial charge on any atom is 0.410 e. The van der Waals surface area contributed by atoms with Gasteiger partial charge in [0, 0.05) is 45.3 Å². The Labute approximate surface area is 181 Å². The zero-order chi connectivity index (χ0) is 23.2. The van der Waals surface area contributed by atoms with Gasteiger partial charge in [0.05, 0.1) is 12.8 Å². The lowest BCUT2D eigenvalue weighted by Crippen LogP contribution is -2.59. The first-order valence-corrected chi connectivity index (χ1v) is 10.3. The third kappa shape index (κ3) is 4.11. The van der Waals surface area contributed by atoms with Gasteiger partial charge in [-0.3, -0.25) is 9.36 Å². The molecule has 1 amide bonds. The van der Waals surface area contributed by atoms with Crippen molar-refractivity contribution in [3.8, 4) is 0 Å². The molecule has 10 heteroatoms. The van der Waals surface area contributed by atoms with Crippen LogP contribution in [0.25, 0.3) is 11.2 Å². The van der Waals surface area contributed by atoms with Crippen LogP contribution < -0.4 is 10.5 Å². The summed E-state index contributed by atoms with van der Waals surface area (Å²) in [5.74, 6) is -0.457. The van der Waals surface area contributed by atoms with Gasteiger partial charge in [-0.25, -0.2) is 14.6 Å². The largest absolute Gasteiger partial charge is 0.463 e. The van der Waals surface area contributed by atoms with E-state index in [9.17, 15) is 14.4 Å². The van der Waals surface area contributed by atoms with Crippen LogP contribution in [0.5, 0.6) is 0 Å². The smallest absolute Gasteiger partial charge is 0.410 e. The maximum absolute atomic E-state index is 12.7. The Balaban J connectivity index is 2.03. The van der Waals surface area contributed by atoms with Crippen LogP contribution in [0.2, 0.25) is 0 Å². The standard InChI is InChI=1S/C21H31N5O5/c1-12-11-26(20(29)31-21(3,4)5)13(2)10-25(12)14-9-15(27)23(6)18-16(14)22-17(24(18)7)19(28)30-8/h9,12-13H,10-11H2,1-8H3/t12-,13+/m0/s1. The van der Waals surface area contributed by atoms with Crippen molar-refractivity contribution in [3.05, 3.63) is 22.2 Å². The average molecular weight is 434 g/mol. The van der Waals surface area contributed by atoms with Gasteiger partial charge >= 0.3 is 12.1 Å². The van der Waals surface area contributed by atoms with Crippen molar-refractivity contribution in [1.29, 1.82) is 0 Å². The summed E-state index contributed by atoms with van der Waals surface area (Å²) in [4.78, 5) is 45.8. The number of rotatable bonds is 2. The fourth-order valence-corrected chi connectivity index (χ4v) is 3.96. The zero-order valence-electron chi connectivity index (χ0n) is 19.4. The van der Waals surface area contributed by atoms with Crippen molar-refractivity contribution in [2.24, 2.45) is 14.1 Å². The van der Waals surface area contributed by atoms with E-state index >= 15 is 0 Å². The van der Waals surface area contributed by atoms with Crippen molar-refractivity contribution in [1.82, 2.24) is 19.0 Å². The molecule has 0 unspecified atom stereocenters. The lowest BCUT2D eigenvalue weighted by atomic mass is 10.1. The highest BCUT2D eigenvalue weighted by Crippen LogP contribution is 2.30. The number of fused-ring (bicyclic) bond motifs is 1. The Morgan fingerprint density at radius 2 is 1.74 bits per heavy atom. The molecule has 0 aliphatic carbocycles. The van der Waals surface area contributed by atoms with Crippen molar-refractivity contribution in [3.63, 3.8) is 0 Å². The molecule has 1 saturated heterocycles. The summed E-state index contributed by atoms with van der Waals surface area (Å²) in [6.07, 6.45) is -0.355. The molecule has 0 bridgehead atoms. The van der Waals surface area contributed by atoms with E-state index in [2.05, 4.69) is 9.88 Å². The normalized spacial score (nSPS) is 19.6. The van der Waals surface area contributed by atoms with Crippen LogP contribution >= 0.6 is 0 Å². The molecule has 0 spiro atoms. The summed E-state index contributed by atoms with van der Waals surface area (Å²) in [7, 11) is 4.61. The maximum atomic E-state index is 12.7. The summed E-state index contributed by atoms with van der Waals surface area (Å²) in [6, 6.07) is 1.29. The molecule has 2 aromatic rings. The number of carbonyl (C=O) groups is 2. The van der Waals surface area contributed by atoms with Crippen LogP contribution in [-0.2, 0) is 23.6 Å². The van der Waals surface area contributed by atoms with Gasteiger partial charge in [-0.2, -0.15) is 0 Å². The molecule has 170 valence electrons. The van der Waals surface area contributed by atoms with E-state index in [1.807, 2.05) is 34.6 Å². The van der Waals surface area contributed by atoms with E-state index in [1.165, 1.54) is 17.7 Å². The zero-order valence-corrected chi connectivity index (χ0v) is 19.4. The number of amides is 1. The highest BCUT2D eigenvalue weighted by molar-refractivity contribution is 5.94. The van der Waals surface area contributed by atoms with Gasteiger partial charge in [-0.15, -0.1) is 0 Å². The number of carbonyl (C=O) groups excluding carboxylic acids is 2. The van der Waals surface area contributed by atoms with Crippen LogP contribution in [0.4, 0.5) is 10.5 Å². The second-order valence-electron chi connectivity index (χ2n) is 9.07. The van der Waals surface area contributed by atoms with Gasteiger partial charge < -0.3 is 23.8 Å². The van der Waals surface area contributed by atoms with E-state index in [4.69, 9.17) is 9.47 Å². The van der Waals surface area contributed by atoms with E-state index in [0.717, 1.165) is 0 Å². The molecule has 0 radical (unpaired) electrons. The Bertz CT molecular complexity index is 1080. The minimum absolute atomic E-state index is 0.0948. The lowest BCUT2D eigenvalue weighted by Gasteiger charge is -2.45. The molecular formula is C21H31N5O5. The molecule has 31 heavy (non-hydrogen) atoms. The van der Waals surface area contributed by atoms with Crippen molar-refractivity contribution >= 4 is 28.9 Å². The highest BCUT2D eigenvalue weighted by atomic mass is 16.6. The summed E-state index contributed by atoms with van der Waals surface area (Å²) < 4.78 is 13.4. The predicted molar refractivity (Wildman–Crippen MR) is 117 cm³/mol. The molecule has 1 aliphatic heterocycles. The Kier molecular flexibility index (Phi) is 5.77. The summed E-state index contributed by atoms with van der Waals surface area (Å²) in [5.41, 5.74) is 0.906. The molecule has 10 nitrogen and oxygen atoms in total. The van der Waals surface area contributed by atoms with E-state index in [1.54, 1.807) is 23.6 Å². The van der Waals surface area contributed by atoms with Crippen molar-refractivity contribution < 1.29 is 19.1 Å². The van der Waals surface area contributed by atoms with Crippen LogP contribution in [0.3, 0.4) is 0 Å². The van der Waals surface area contributed by atoms with Crippen LogP contribution in [-0.4, -0.2) is 69.0 Å². The molecule has 3 rings (SSSR count). The van der Waals surface area contributed by atoms with Gasteiger partial charge in [-0.1, -0.05) is 0 Å². The third-order valence-electron chi connectivity index (χ3n) is 5.51. The number of methoxy groups -OCH3 is 1. The second kappa shape index (κ2) is 7.90. The average Bonchev–Trinajstić information content (AvgIpc) is 3.02. The molecule has 0 saturated carbocycles. The van der Waals surface area contributed by atoms with Gasteiger partial charge in [-0.05, 0) is 34.6 Å². The first-order chi connectivity index (χ1) is 14.4. The third-order valence-corrected chi connectivity index (χ3v) is 5.51. The van der Waals surface area contributed by atoms with E-state index in [0.29, 0.717) is 29.9 Å². The number of hydrogen-bond donors (Lipinski definition) is 0. The first kappa shape index (κ1) is 22.6.